The highest BCUT2D eigenvalue weighted by Crippen LogP contribution is 2.61. The van der Waals surface area contributed by atoms with Crippen LogP contribution in [0.3, 0.4) is 0 Å². The third kappa shape index (κ3) is 2.35. The molecule has 136 valence electrons. The van der Waals surface area contributed by atoms with Crippen LogP contribution in [0.15, 0.2) is 17.2 Å². The Morgan fingerprint density at radius 1 is 1.28 bits per heavy atom. The number of aromatic hydroxyl groups is 1. The van der Waals surface area contributed by atoms with E-state index in [0.717, 1.165) is 43.4 Å². The highest BCUT2D eigenvalue weighted by molar-refractivity contribution is 6.03. The molecule has 5 atom stereocenters. The Labute approximate surface area is 149 Å². The van der Waals surface area contributed by atoms with Crippen molar-refractivity contribution in [2.45, 2.75) is 51.0 Å². The van der Waals surface area contributed by atoms with E-state index in [1.54, 1.807) is 13.2 Å². The number of hydrogen-bond donors (Lipinski definition) is 3. The number of benzene rings is 1. The van der Waals surface area contributed by atoms with E-state index >= 15 is 0 Å². The lowest BCUT2D eigenvalue weighted by atomic mass is 9.55. The maximum atomic E-state index is 10.6. The second kappa shape index (κ2) is 5.90. The van der Waals surface area contributed by atoms with Gasteiger partial charge in [-0.05, 0) is 73.0 Å². The van der Waals surface area contributed by atoms with Crippen LogP contribution in [0.1, 0.15) is 56.1 Å². The average molecular weight is 344 g/mol. The average Bonchev–Trinajstić information content (AvgIpc) is 2.90. The summed E-state index contributed by atoms with van der Waals surface area (Å²) in [5, 5.41) is 25.3. The molecule has 0 bridgehead atoms. The number of aliphatic hydroxyl groups excluding tert-OH is 1. The van der Waals surface area contributed by atoms with Gasteiger partial charge in [0.25, 0.3) is 0 Å². The van der Waals surface area contributed by atoms with Crippen LogP contribution in [0, 0.1) is 17.3 Å². The Balaban J connectivity index is 1.82. The summed E-state index contributed by atoms with van der Waals surface area (Å²) >= 11 is 0. The van der Waals surface area contributed by atoms with Gasteiger partial charge in [0.1, 0.15) is 0 Å². The fourth-order valence-corrected chi connectivity index (χ4v) is 5.81. The van der Waals surface area contributed by atoms with Gasteiger partial charge in [-0.3, -0.25) is 0 Å². The Morgan fingerprint density at radius 3 is 2.80 bits per heavy atom. The van der Waals surface area contributed by atoms with Crippen molar-refractivity contribution in [3.05, 3.63) is 23.3 Å². The lowest BCUT2D eigenvalue weighted by molar-refractivity contribution is -0.0177. The molecule has 1 aromatic carbocycles. The molecule has 2 fully saturated rings. The summed E-state index contributed by atoms with van der Waals surface area (Å²) in [5.74, 6) is 2.16. The van der Waals surface area contributed by atoms with Gasteiger partial charge < -0.3 is 20.4 Å². The molecule has 4 rings (SSSR count). The molecule has 0 radical (unpaired) electrons. The predicted octanol–water partition coefficient (Wildman–Crippen LogP) is 3.00. The highest BCUT2D eigenvalue weighted by Gasteiger charge is 2.55. The Morgan fingerprint density at radius 2 is 2.08 bits per heavy atom. The minimum absolute atomic E-state index is 0.0322. The van der Waals surface area contributed by atoms with Crippen molar-refractivity contribution in [1.29, 1.82) is 0 Å². The van der Waals surface area contributed by atoms with Crippen molar-refractivity contribution in [3.63, 3.8) is 0 Å². The monoisotopic (exact) mass is 344 g/mol. The molecule has 0 spiro atoms. The second-order valence-corrected chi connectivity index (χ2v) is 8.11. The first-order chi connectivity index (χ1) is 12.0. The maximum absolute atomic E-state index is 10.6. The smallest absolute Gasteiger partial charge is 0.160 e. The summed E-state index contributed by atoms with van der Waals surface area (Å²) in [6.07, 6.45) is 4.85. The van der Waals surface area contributed by atoms with Crippen LogP contribution < -0.4 is 10.2 Å². The van der Waals surface area contributed by atoms with Crippen molar-refractivity contribution in [2.75, 3.05) is 14.2 Å². The quantitative estimate of drug-likeness (QED) is 0.721. The molecule has 4 unspecified atom stereocenters. The highest BCUT2D eigenvalue weighted by atomic mass is 16.5. The number of fused-ring (bicyclic) bond motifs is 5. The standard InChI is InChI=1S/C20H28N2O3/c1-20-7-6-11-12-10-18(25-3)17(23)9-14(12)16(22-21-2)8-13(11)15(20)4-5-19(20)24/h9-11,13,15,19,21,23-24H,4-8H2,1-3H3/b22-16+/t11?,13?,15?,19?,20-/m0/s1. The van der Waals surface area contributed by atoms with Gasteiger partial charge in [-0.15, -0.1) is 0 Å². The molecular formula is C20H28N2O3. The molecule has 25 heavy (non-hydrogen) atoms. The van der Waals surface area contributed by atoms with E-state index in [4.69, 9.17) is 4.74 Å². The second-order valence-electron chi connectivity index (χ2n) is 8.11. The molecular weight excluding hydrogens is 316 g/mol. The molecule has 0 aromatic heterocycles. The van der Waals surface area contributed by atoms with Crippen LogP contribution in [0.5, 0.6) is 11.5 Å². The maximum Gasteiger partial charge on any atom is 0.160 e. The summed E-state index contributed by atoms with van der Waals surface area (Å²) in [6.45, 7) is 2.27. The predicted molar refractivity (Wildman–Crippen MR) is 97.2 cm³/mol. The molecule has 1 aromatic rings. The van der Waals surface area contributed by atoms with E-state index in [-0.39, 0.29) is 17.3 Å². The van der Waals surface area contributed by atoms with E-state index in [9.17, 15) is 10.2 Å². The number of phenols is 1. The molecule has 5 heteroatoms. The number of rotatable bonds is 2. The number of phenolic OH excluding ortho intramolecular Hbond substituents is 1. The van der Waals surface area contributed by atoms with E-state index in [1.807, 2.05) is 13.1 Å². The van der Waals surface area contributed by atoms with Crippen LogP contribution in [0.25, 0.3) is 0 Å². The molecule has 0 saturated heterocycles. The summed E-state index contributed by atoms with van der Waals surface area (Å²) in [5.41, 5.74) is 6.24. The Hall–Kier alpha value is -1.75. The lowest BCUT2D eigenvalue weighted by Crippen LogP contribution is -2.45. The Kier molecular flexibility index (Phi) is 3.95. The molecule has 0 amide bonds. The van der Waals surface area contributed by atoms with Gasteiger partial charge in [-0.1, -0.05) is 6.92 Å². The van der Waals surface area contributed by atoms with Crippen molar-refractivity contribution >= 4 is 5.71 Å². The topological polar surface area (TPSA) is 74.1 Å². The van der Waals surface area contributed by atoms with Crippen LogP contribution in [-0.2, 0) is 0 Å². The minimum Gasteiger partial charge on any atom is -0.504 e. The zero-order valence-corrected chi connectivity index (χ0v) is 15.2. The normalized spacial score (nSPS) is 38.0. The van der Waals surface area contributed by atoms with Crippen LogP contribution in [0.2, 0.25) is 0 Å². The van der Waals surface area contributed by atoms with Gasteiger partial charge in [-0.25, -0.2) is 0 Å². The molecule has 3 N–H and O–H groups in total. The third-order valence-corrected chi connectivity index (χ3v) is 7.12. The largest absolute Gasteiger partial charge is 0.504 e. The summed E-state index contributed by atoms with van der Waals surface area (Å²) in [4.78, 5) is 0. The van der Waals surface area contributed by atoms with E-state index < -0.39 is 0 Å². The van der Waals surface area contributed by atoms with E-state index in [1.165, 1.54) is 5.56 Å². The lowest BCUT2D eigenvalue weighted by Gasteiger charge is -2.50. The van der Waals surface area contributed by atoms with Gasteiger partial charge in [0.05, 0.1) is 18.9 Å². The molecule has 3 aliphatic carbocycles. The Bertz CT molecular complexity index is 717. The van der Waals surface area contributed by atoms with Crippen molar-refractivity contribution < 1.29 is 14.9 Å². The van der Waals surface area contributed by atoms with Gasteiger partial charge in [-0.2, -0.15) is 5.10 Å². The molecule has 3 aliphatic rings. The van der Waals surface area contributed by atoms with Gasteiger partial charge in [0, 0.05) is 12.6 Å². The third-order valence-electron chi connectivity index (χ3n) is 7.12. The number of nitrogens with zero attached hydrogens (tertiary/aromatic N) is 1. The minimum atomic E-state index is -0.182. The fourth-order valence-electron chi connectivity index (χ4n) is 5.81. The number of methoxy groups -OCH3 is 1. The fraction of sp³-hybridized carbons (Fsp3) is 0.650. The van der Waals surface area contributed by atoms with Gasteiger partial charge in [0.2, 0.25) is 0 Å². The first kappa shape index (κ1) is 16.7. The molecule has 0 aliphatic heterocycles. The SMILES string of the molecule is CN/N=C1\CC2C(CC[C@]3(C)C(O)CCC23)c2cc(OC)c(O)cc21. The van der Waals surface area contributed by atoms with Crippen LogP contribution in [-0.4, -0.2) is 36.2 Å². The van der Waals surface area contributed by atoms with Gasteiger partial charge >= 0.3 is 0 Å². The number of ether oxygens (including phenoxy) is 1. The molecule has 2 saturated carbocycles. The van der Waals surface area contributed by atoms with Crippen LogP contribution >= 0.6 is 0 Å². The van der Waals surface area contributed by atoms with Crippen LogP contribution in [0.4, 0.5) is 0 Å². The van der Waals surface area contributed by atoms with Gasteiger partial charge in [0.15, 0.2) is 11.5 Å². The zero-order valence-electron chi connectivity index (χ0n) is 15.2. The molecule has 0 heterocycles. The summed E-state index contributed by atoms with van der Waals surface area (Å²) in [7, 11) is 3.40. The number of hydrazone groups is 1. The number of nitrogens with one attached hydrogen (secondary N) is 1. The first-order valence-electron chi connectivity index (χ1n) is 9.32. The van der Waals surface area contributed by atoms with Crippen molar-refractivity contribution in [2.24, 2.45) is 22.4 Å². The summed E-state index contributed by atoms with van der Waals surface area (Å²) < 4.78 is 5.36. The number of aliphatic hydroxyl groups is 1. The van der Waals surface area contributed by atoms with E-state index in [2.05, 4.69) is 17.5 Å². The van der Waals surface area contributed by atoms with Crippen molar-refractivity contribution in [1.82, 2.24) is 5.43 Å². The summed E-state index contributed by atoms with van der Waals surface area (Å²) in [6, 6.07) is 3.80. The zero-order chi connectivity index (χ0) is 17.8. The first-order valence-corrected chi connectivity index (χ1v) is 9.32. The number of hydrogen-bond acceptors (Lipinski definition) is 5. The molecule has 5 nitrogen and oxygen atoms in total. The van der Waals surface area contributed by atoms with Crippen molar-refractivity contribution in [3.8, 4) is 11.5 Å². The van der Waals surface area contributed by atoms with E-state index in [0.29, 0.717) is 23.5 Å².